The van der Waals surface area contributed by atoms with E-state index in [1.54, 1.807) is 24.3 Å². The number of ether oxygens (including phenoxy) is 2. The van der Waals surface area contributed by atoms with E-state index >= 15 is 0 Å². The number of aromatic nitrogens is 1. The molecule has 0 radical (unpaired) electrons. The average Bonchev–Trinajstić information content (AvgIpc) is 3.02. The first kappa shape index (κ1) is 15.7. The van der Waals surface area contributed by atoms with Gasteiger partial charge in [0.1, 0.15) is 12.6 Å². The Morgan fingerprint density at radius 3 is 2.96 bits per heavy atom. The van der Waals surface area contributed by atoms with Crippen LogP contribution in [0, 0.1) is 5.82 Å². The van der Waals surface area contributed by atoms with Gasteiger partial charge in [-0.3, -0.25) is 4.79 Å². The number of nitrogens with zero attached hydrogens (tertiary/aromatic N) is 1. The fraction of sp³-hybridized carbons (Fsp3) is 0.188. The van der Waals surface area contributed by atoms with Gasteiger partial charge in [0.15, 0.2) is 11.6 Å². The molecule has 124 valence electrons. The molecule has 1 aliphatic heterocycles. The van der Waals surface area contributed by atoms with E-state index in [1.165, 1.54) is 18.3 Å². The van der Waals surface area contributed by atoms with Crippen LogP contribution in [0.5, 0.6) is 11.6 Å². The van der Waals surface area contributed by atoms with E-state index in [1.807, 2.05) is 0 Å². The number of halogens is 1. The summed E-state index contributed by atoms with van der Waals surface area (Å²) in [6.45, 7) is 0.0963. The van der Waals surface area contributed by atoms with Crippen LogP contribution in [0.15, 0.2) is 42.6 Å². The Labute approximate surface area is 136 Å². The van der Waals surface area contributed by atoms with Gasteiger partial charge in [-0.15, -0.1) is 0 Å². The third-order valence-corrected chi connectivity index (χ3v) is 3.34. The van der Waals surface area contributed by atoms with Crippen molar-refractivity contribution in [1.29, 1.82) is 0 Å². The number of carbonyl (C=O) groups excluding carboxylic acids is 2. The van der Waals surface area contributed by atoms with Crippen molar-refractivity contribution >= 4 is 12.0 Å². The number of amides is 2. The second-order valence-corrected chi connectivity index (χ2v) is 5.01. The van der Waals surface area contributed by atoms with Crippen LogP contribution in [0.1, 0.15) is 5.56 Å². The molecule has 2 heterocycles. The van der Waals surface area contributed by atoms with E-state index < -0.39 is 18.0 Å². The van der Waals surface area contributed by atoms with Crippen LogP contribution in [-0.2, 0) is 16.1 Å². The van der Waals surface area contributed by atoms with Crippen molar-refractivity contribution in [2.45, 2.75) is 12.6 Å². The Morgan fingerprint density at radius 2 is 2.21 bits per heavy atom. The van der Waals surface area contributed by atoms with Crippen LogP contribution in [0.4, 0.5) is 9.18 Å². The standard InChI is InChI=1S/C16H14FN3O4/c17-11-5-1-2-6-13(11)24-15-10(4-3-7-18-15)8-19-14(21)12-9-23-16(22)20-12/h1-7,12H,8-9H2,(H,19,21)(H,20,22). The SMILES string of the molecule is O=C1NC(C(=O)NCc2cccnc2Oc2ccccc2F)CO1. The summed E-state index contributed by atoms with van der Waals surface area (Å²) >= 11 is 0. The van der Waals surface area contributed by atoms with Gasteiger partial charge in [0.05, 0.1) is 0 Å². The molecule has 7 nitrogen and oxygen atoms in total. The molecule has 2 N–H and O–H groups in total. The molecule has 3 rings (SSSR count). The minimum absolute atomic E-state index is 0.0176. The third kappa shape index (κ3) is 3.60. The molecule has 8 heteroatoms. The predicted octanol–water partition coefficient (Wildman–Crippen LogP) is 1.74. The monoisotopic (exact) mass is 331 g/mol. The maximum absolute atomic E-state index is 13.7. The first-order valence-corrected chi connectivity index (χ1v) is 7.21. The van der Waals surface area contributed by atoms with Gasteiger partial charge in [-0.05, 0) is 18.2 Å². The van der Waals surface area contributed by atoms with Gasteiger partial charge in [-0.2, -0.15) is 0 Å². The van der Waals surface area contributed by atoms with Crippen molar-refractivity contribution in [3.63, 3.8) is 0 Å². The van der Waals surface area contributed by atoms with Crippen molar-refractivity contribution in [3.8, 4) is 11.6 Å². The van der Waals surface area contributed by atoms with Crippen molar-refractivity contribution in [2.75, 3.05) is 6.61 Å². The summed E-state index contributed by atoms with van der Waals surface area (Å²) in [5.41, 5.74) is 0.569. The summed E-state index contributed by atoms with van der Waals surface area (Å²) in [6, 6.07) is 8.61. The summed E-state index contributed by atoms with van der Waals surface area (Å²) < 4.78 is 23.8. The predicted molar refractivity (Wildman–Crippen MR) is 80.8 cm³/mol. The van der Waals surface area contributed by atoms with E-state index in [0.29, 0.717) is 5.56 Å². The van der Waals surface area contributed by atoms with Gasteiger partial charge >= 0.3 is 6.09 Å². The van der Waals surface area contributed by atoms with E-state index in [4.69, 9.17) is 4.74 Å². The lowest BCUT2D eigenvalue weighted by atomic mass is 10.2. The van der Waals surface area contributed by atoms with Crippen LogP contribution in [0.2, 0.25) is 0 Å². The van der Waals surface area contributed by atoms with Crippen molar-refractivity contribution in [2.24, 2.45) is 0 Å². The van der Waals surface area contributed by atoms with Crippen molar-refractivity contribution in [3.05, 3.63) is 54.0 Å². The summed E-state index contributed by atoms with van der Waals surface area (Å²) in [7, 11) is 0. The Bertz CT molecular complexity index is 768. The fourth-order valence-electron chi connectivity index (χ4n) is 2.11. The van der Waals surface area contributed by atoms with Crippen molar-refractivity contribution < 1.29 is 23.5 Å². The van der Waals surface area contributed by atoms with Gasteiger partial charge in [-0.25, -0.2) is 14.2 Å². The smallest absolute Gasteiger partial charge is 0.407 e. The van der Waals surface area contributed by atoms with E-state index in [2.05, 4.69) is 20.4 Å². The molecule has 2 aromatic rings. The summed E-state index contributed by atoms with van der Waals surface area (Å²) in [5.74, 6) is -0.666. The summed E-state index contributed by atoms with van der Waals surface area (Å²) in [6.07, 6.45) is 0.882. The minimum Gasteiger partial charge on any atom is -0.447 e. The van der Waals surface area contributed by atoms with Crippen LogP contribution in [0.25, 0.3) is 0 Å². The molecular weight excluding hydrogens is 317 g/mol. The number of para-hydroxylation sites is 1. The first-order valence-electron chi connectivity index (χ1n) is 7.21. The molecule has 1 aliphatic rings. The Hall–Kier alpha value is -3.16. The molecule has 1 aromatic heterocycles. The molecule has 1 atom stereocenters. The highest BCUT2D eigenvalue weighted by Gasteiger charge is 2.28. The third-order valence-electron chi connectivity index (χ3n) is 3.34. The van der Waals surface area contributed by atoms with Gasteiger partial charge in [0.25, 0.3) is 0 Å². The molecule has 0 spiro atoms. The lowest BCUT2D eigenvalue weighted by Gasteiger charge is -2.12. The first-order chi connectivity index (χ1) is 11.6. The van der Waals surface area contributed by atoms with E-state index in [9.17, 15) is 14.0 Å². The molecule has 2 amide bonds. The number of hydrogen-bond donors (Lipinski definition) is 2. The quantitative estimate of drug-likeness (QED) is 0.871. The number of pyridine rings is 1. The molecule has 0 bridgehead atoms. The Kier molecular flexibility index (Phi) is 4.55. The Morgan fingerprint density at radius 1 is 1.38 bits per heavy atom. The zero-order valence-corrected chi connectivity index (χ0v) is 12.5. The number of cyclic esters (lactones) is 1. The van der Waals surface area contributed by atoms with E-state index in [0.717, 1.165) is 0 Å². The van der Waals surface area contributed by atoms with Crippen LogP contribution in [-0.4, -0.2) is 29.6 Å². The van der Waals surface area contributed by atoms with Gasteiger partial charge < -0.3 is 20.1 Å². The number of benzene rings is 1. The number of alkyl carbamates (subject to hydrolysis) is 1. The fourth-order valence-corrected chi connectivity index (χ4v) is 2.11. The summed E-state index contributed by atoms with van der Waals surface area (Å²) in [5, 5.41) is 5.04. The molecule has 0 aliphatic carbocycles. The lowest BCUT2D eigenvalue weighted by Crippen LogP contribution is -2.42. The normalized spacial score (nSPS) is 16.2. The molecule has 1 fully saturated rings. The molecule has 24 heavy (non-hydrogen) atoms. The largest absolute Gasteiger partial charge is 0.447 e. The zero-order valence-electron chi connectivity index (χ0n) is 12.5. The van der Waals surface area contributed by atoms with E-state index in [-0.39, 0.29) is 30.7 Å². The molecular formula is C16H14FN3O4. The van der Waals surface area contributed by atoms with Crippen molar-refractivity contribution in [1.82, 2.24) is 15.6 Å². The zero-order chi connectivity index (χ0) is 16.9. The molecule has 1 unspecified atom stereocenters. The van der Waals surface area contributed by atoms with Crippen LogP contribution >= 0.6 is 0 Å². The Balaban J connectivity index is 1.67. The van der Waals surface area contributed by atoms with Crippen LogP contribution in [0.3, 0.4) is 0 Å². The number of carbonyl (C=O) groups is 2. The van der Waals surface area contributed by atoms with Gasteiger partial charge in [0, 0.05) is 18.3 Å². The van der Waals surface area contributed by atoms with Gasteiger partial charge in [-0.1, -0.05) is 18.2 Å². The maximum atomic E-state index is 13.7. The second-order valence-electron chi connectivity index (χ2n) is 5.01. The summed E-state index contributed by atoms with van der Waals surface area (Å²) in [4.78, 5) is 27.0. The van der Waals surface area contributed by atoms with Crippen LogP contribution < -0.4 is 15.4 Å². The molecule has 0 saturated carbocycles. The number of hydrogen-bond acceptors (Lipinski definition) is 5. The topological polar surface area (TPSA) is 89.6 Å². The molecule has 1 aromatic carbocycles. The maximum Gasteiger partial charge on any atom is 0.407 e. The highest BCUT2D eigenvalue weighted by Crippen LogP contribution is 2.25. The highest BCUT2D eigenvalue weighted by molar-refractivity contribution is 5.87. The number of nitrogens with one attached hydrogen (secondary N) is 2. The average molecular weight is 331 g/mol. The molecule has 1 saturated heterocycles. The van der Waals surface area contributed by atoms with Gasteiger partial charge in [0.2, 0.25) is 11.8 Å². The second kappa shape index (κ2) is 6.95. The highest BCUT2D eigenvalue weighted by atomic mass is 19.1. The lowest BCUT2D eigenvalue weighted by molar-refractivity contribution is -0.123. The number of rotatable bonds is 5. The minimum atomic E-state index is -0.731.